The highest BCUT2D eigenvalue weighted by atomic mass is 16.5. The molecular weight excluding hydrogens is 1090 g/mol. The lowest BCUT2D eigenvalue weighted by Crippen LogP contribution is -2.49. The van der Waals surface area contributed by atoms with E-state index < -0.39 is 0 Å². The minimum Gasteiger partial charge on any atom is -0.469 e. The molecule has 0 aromatic carbocycles. The summed E-state index contributed by atoms with van der Waals surface area (Å²) in [5.74, 6) is -1.25. The Balaban J connectivity index is 5.94. The summed E-state index contributed by atoms with van der Waals surface area (Å²) in [6.07, 6.45) is 55.0. The third kappa shape index (κ3) is 59.3. The van der Waals surface area contributed by atoms with Gasteiger partial charge in [-0.1, -0.05) is 285 Å². The van der Waals surface area contributed by atoms with Crippen LogP contribution in [0.15, 0.2) is 0 Å². The summed E-state index contributed by atoms with van der Waals surface area (Å²) >= 11 is 0. The van der Waals surface area contributed by atoms with Gasteiger partial charge in [-0.3, -0.25) is 38.7 Å². The summed E-state index contributed by atoms with van der Waals surface area (Å²) in [6.45, 7) is 18.1. The molecule has 13 heteroatoms. The summed E-state index contributed by atoms with van der Waals surface area (Å²) in [6, 6.07) is -0.226. The Morgan fingerprint density at radius 1 is 0.264 bits per heavy atom. The van der Waals surface area contributed by atoms with Crippen molar-refractivity contribution in [3.63, 3.8) is 0 Å². The first-order valence-electron chi connectivity index (χ1n) is 37.4. The van der Waals surface area contributed by atoms with Gasteiger partial charge in [-0.15, -0.1) is 0 Å². The van der Waals surface area contributed by atoms with Crippen molar-refractivity contribution in [3.05, 3.63) is 0 Å². The van der Waals surface area contributed by atoms with Crippen LogP contribution >= 0.6 is 0 Å². The van der Waals surface area contributed by atoms with Crippen molar-refractivity contribution < 1.29 is 47.7 Å². The van der Waals surface area contributed by atoms with E-state index in [4.69, 9.17) is 23.7 Å². The fourth-order valence-electron chi connectivity index (χ4n) is 11.7. The van der Waals surface area contributed by atoms with Gasteiger partial charge in [0.25, 0.3) is 0 Å². The van der Waals surface area contributed by atoms with Crippen molar-refractivity contribution in [1.29, 1.82) is 0 Å². The first-order valence-corrected chi connectivity index (χ1v) is 37.4. The van der Waals surface area contributed by atoms with Crippen LogP contribution in [-0.2, 0) is 47.7 Å². The maximum Gasteiger partial charge on any atom is 0.307 e. The van der Waals surface area contributed by atoms with Gasteiger partial charge in [0.15, 0.2) is 0 Å². The van der Waals surface area contributed by atoms with E-state index in [0.717, 1.165) is 77.0 Å². The van der Waals surface area contributed by atoms with Crippen LogP contribution in [-0.4, -0.2) is 136 Å². The number of hydrogen-bond donors (Lipinski definition) is 0. The Morgan fingerprint density at radius 3 is 0.655 bits per heavy atom. The largest absolute Gasteiger partial charge is 0.469 e. The van der Waals surface area contributed by atoms with Crippen LogP contribution in [0.3, 0.4) is 0 Å². The number of carbonyl (C=O) groups excluding carboxylic acids is 5. The van der Waals surface area contributed by atoms with E-state index in [1.165, 1.54) is 213 Å². The third-order valence-corrected chi connectivity index (χ3v) is 17.6. The molecular formula is C74H143N3O10. The highest BCUT2D eigenvalue weighted by Crippen LogP contribution is 2.18. The molecule has 0 saturated heterocycles. The van der Waals surface area contributed by atoms with Crippen molar-refractivity contribution >= 4 is 29.8 Å². The predicted molar refractivity (Wildman–Crippen MR) is 363 cm³/mol. The average Bonchev–Trinajstić information content (AvgIpc) is 3.71. The minimum absolute atomic E-state index is 0.113. The van der Waals surface area contributed by atoms with Gasteiger partial charge < -0.3 is 23.7 Å². The molecule has 0 aliphatic carbocycles. The lowest BCUT2D eigenvalue weighted by Gasteiger charge is -2.37. The summed E-state index contributed by atoms with van der Waals surface area (Å²) in [5.41, 5.74) is 0. The third-order valence-electron chi connectivity index (χ3n) is 17.6. The molecule has 87 heavy (non-hydrogen) atoms. The second kappa shape index (κ2) is 66.2. The van der Waals surface area contributed by atoms with Crippen molar-refractivity contribution in [3.8, 4) is 0 Å². The fraction of sp³-hybridized carbons (Fsp3) is 0.932. The molecule has 0 aliphatic rings. The van der Waals surface area contributed by atoms with Crippen LogP contribution in [0.4, 0.5) is 0 Å². The molecule has 13 nitrogen and oxygen atoms in total. The molecule has 0 spiro atoms. The van der Waals surface area contributed by atoms with Crippen LogP contribution in [0.1, 0.15) is 356 Å². The molecule has 2 unspecified atom stereocenters. The first kappa shape index (κ1) is 84.2. The number of nitrogens with zero attached hydrogens (tertiary/aromatic N) is 3. The molecule has 514 valence electrons. The Labute approximate surface area is 537 Å². The molecule has 0 fully saturated rings. The lowest BCUT2D eigenvalue weighted by molar-refractivity contribution is -0.146. The van der Waals surface area contributed by atoms with E-state index in [-0.39, 0.29) is 74.0 Å². The Bertz CT molecular complexity index is 1490. The SMILES string of the molecule is CCCCCCCCCCCCCOC(=O)CCN(CC(C)N(CCC(=O)OC)CCC(=O)OCCCCCCCCCCCCC)CC(C)N(CCC(=O)OCCCCCCCCCCCCC)CCC(=O)OCCCCCCCCCCCCC. The van der Waals surface area contributed by atoms with Crippen LogP contribution in [0.25, 0.3) is 0 Å². The molecule has 0 rings (SSSR count). The van der Waals surface area contributed by atoms with Gasteiger partial charge in [-0.25, -0.2) is 0 Å². The zero-order valence-corrected chi connectivity index (χ0v) is 58.5. The van der Waals surface area contributed by atoms with Crippen molar-refractivity contribution in [2.75, 3.05) is 79.4 Å². The summed E-state index contributed by atoms with van der Waals surface area (Å²) in [7, 11) is 1.39. The zero-order chi connectivity index (χ0) is 63.7. The van der Waals surface area contributed by atoms with Gasteiger partial charge in [0, 0.05) is 57.9 Å². The molecule has 0 bridgehead atoms. The normalized spacial score (nSPS) is 12.3. The Kier molecular flexibility index (Phi) is 64.1. The topological polar surface area (TPSA) is 141 Å². The zero-order valence-electron chi connectivity index (χ0n) is 58.5. The molecule has 0 amide bonds. The molecule has 2 atom stereocenters. The summed E-state index contributed by atoms with van der Waals surface area (Å²) in [5, 5.41) is 0. The molecule has 0 N–H and O–H groups in total. The number of rotatable bonds is 69. The number of esters is 5. The van der Waals surface area contributed by atoms with E-state index in [1.807, 2.05) is 0 Å². The highest BCUT2D eigenvalue weighted by Gasteiger charge is 2.25. The molecule has 0 heterocycles. The smallest absolute Gasteiger partial charge is 0.307 e. The van der Waals surface area contributed by atoms with Crippen molar-refractivity contribution in [2.45, 2.75) is 368 Å². The monoisotopic (exact) mass is 1230 g/mol. The second-order valence-electron chi connectivity index (χ2n) is 25.9. The Morgan fingerprint density at radius 2 is 0.448 bits per heavy atom. The van der Waals surface area contributed by atoms with Gasteiger partial charge in [0.1, 0.15) is 0 Å². The van der Waals surface area contributed by atoms with Gasteiger partial charge in [0.2, 0.25) is 0 Å². The first-order chi connectivity index (χ1) is 42.5. The van der Waals surface area contributed by atoms with Crippen molar-refractivity contribution in [1.82, 2.24) is 14.7 Å². The molecule has 0 radical (unpaired) electrons. The van der Waals surface area contributed by atoms with Crippen LogP contribution in [0, 0.1) is 0 Å². The number of hydrogen-bond acceptors (Lipinski definition) is 13. The predicted octanol–water partition coefficient (Wildman–Crippen LogP) is 19.2. The maximum absolute atomic E-state index is 13.4. The van der Waals surface area contributed by atoms with E-state index in [0.29, 0.717) is 72.2 Å². The molecule has 0 aromatic rings. The number of ether oxygens (including phenoxy) is 5. The number of carbonyl (C=O) groups is 5. The molecule has 0 aliphatic heterocycles. The number of unbranched alkanes of at least 4 members (excludes halogenated alkanes) is 40. The van der Waals surface area contributed by atoms with Crippen LogP contribution in [0.5, 0.6) is 0 Å². The summed E-state index contributed by atoms with van der Waals surface area (Å²) < 4.78 is 28.1. The van der Waals surface area contributed by atoms with Gasteiger partial charge >= 0.3 is 29.8 Å². The van der Waals surface area contributed by atoms with E-state index in [2.05, 4.69) is 56.2 Å². The Hall–Kier alpha value is -2.77. The average molecular weight is 1230 g/mol. The maximum atomic E-state index is 13.4. The van der Waals surface area contributed by atoms with E-state index in [9.17, 15) is 24.0 Å². The van der Waals surface area contributed by atoms with Crippen molar-refractivity contribution in [2.24, 2.45) is 0 Å². The second-order valence-corrected chi connectivity index (χ2v) is 25.9. The van der Waals surface area contributed by atoms with Crippen LogP contribution < -0.4 is 0 Å². The molecule has 0 aromatic heterocycles. The quantitative estimate of drug-likeness (QED) is 0.0324. The van der Waals surface area contributed by atoms with E-state index in [1.54, 1.807) is 0 Å². The fourth-order valence-corrected chi connectivity index (χ4v) is 11.7. The van der Waals surface area contributed by atoms with Crippen LogP contribution in [0.2, 0.25) is 0 Å². The van der Waals surface area contributed by atoms with Gasteiger partial charge in [-0.05, 0) is 39.5 Å². The highest BCUT2D eigenvalue weighted by molar-refractivity contribution is 5.71. The molecule has 0 saturated carbocycles. The lowest BCUT2D eigenvalue weighted by atomic mass is 10.1. The summed E-state index contributed by atoms with van der Waals surface area (Å²) in [4.78, 5) is 72.3. The standard InChI is InChI=1S/C74H143N3O10/c1-8-12-16-20-24-28-32-36-40-44-48-62-84-71(79)52-57-75(66-68(5)76(58-53-70(78)83-7)59-54-72(80)85-63-49-45-41-37-33-29-25-21-17-13-9-2)67-69(6)77(60-55-73(81)86-64-50-46-42-38-34-30-26-22-18-14-10-3)61-56-74(82)87-65-51-47-43-39-35-31-27-23-19-15-11-4/h68-69H,8-67H2,1-7H3. The van der Waals surface area contributed by atoms with Gasteiger partial charge in [-0.2, -0.15) is 0 Å². The van der Waals surface area contributed by atoms with Gasteiger partial charge in [0.05, 0.1) is 65.6 Å². The number of methoxy groups -OCH3 is 1. The minimum atomic E-state index is -0.317. The van der Waals surface area contributed by atoms with E-state index >= 15 is 0 Å².